The van der Waals surface area contributed by atoms with Gasteiger partial charge in [-0.2, -0.15) is 10.2 Å². The first-order valence-electron chi connectivity index (χ1n) is 22.6. The minimum absolute atomic E-state index is 0.0587. The van der Waals surface area contributed by atoms with E-state index in [9.17, 15) is 16.8 Å². The van der Waals surface area contributed by atoms with Crippen LogP contribution in [0.1, 0.15) is 22.3 Å². The second-order valence-corrected chi connectivity index (χ2v) is 21.7. The van der Waals surface area contributed by atoms with Crippen molar-refractivity contribution < 1.29 is 26.9 Å². The maximum atomic E-state index is 11.8. The molecule has 14 nitrogen and oxygen atoms in total. The number of rotatable bonds is 14. The lowest BCUT2D eigenvalue weighted by atomic mass is 9.81. The van der Waals surface area contributed by atoms with Gasteiger partial charge in [-0.15, -0.1) is 0 Å². The van der Waals surface area contributed by atoms with Crippen molar-refractivity contribution >= 4 is 66.3 Å². The summed E-state index contributed by atoms with van der Waals surface area (Å²) in [6.45, 7) is 1.29. The topological polar surface area (TPSA) is 193 Å². The summed E-state index contributed by atoms with van der Waals surface area (Å²) < 4.78 is 50.4. The predicted octanol–water partition coefficient (Wildman–Crippen LogP) is 8.79. The molecule has 0 fully saturated rings. The number of sulfone groups is 2. The fourth-order valence-corrected chi connectivity index (χ4v) is 9.61. The molecular formula is C54H50BClN8O6S2. The Morgan fingerprint density at radius 1 is 0.514 bits per heavy atom. The molecule has 0 aliphatic carbocycles. The van der Waals surface area contributed by atoms with Gasteiger partial charge in [0.15, 0.2) is 19.7 Å². The monoisotopic (exact) mass is 1020 g/mol. The second kappa shape index (κ2) is 23.0. The van der Waals surface area contributed by atoms with Gasteiger partial charge in [0, 0.05) is 79.5 Å². The molecule has 6 aromatic heterocycles. The lowest BCUT2D eigenvalue weighted by Crippen LogP contribution is -2.29. The number of aromatic nitrogens is 6. The van der Waals surface area contributed by atoms with Gasteiger partial charge in [-0.25, -0.2) is 25.9 Å². The van der Waals surface area contributed by atoms with Crippen LogP contribution < -0.4 is 16.1 Å². The molecule has 10 rings (SSSR count). The highest BCUT2D eigenvalue weighted by Crippen LogP contribution is 2.34. The van der Waals surface area contributed by atoms with Gasteiger partial charge in [-0.1, -0.05) is 133 Å². The summed E-state index contributed by atoms with van der Waals surface area (Å²) >= 11 is 6.38. The Labute approximate surface area is 423 Å². The van der Waals surface area contributed by atoms with Crippen LogP contribution in [0.4, 0.5) is 11.4 Å². The van der Waals surface area contributed by atoms with Gasteiger partial charge in [0.2, 0.25) is 0 Å². The molecule has 6 heterocycles. The molecule has 364 valence electrons. The average Bonchev–Trinajstić information content (AvgIpc) is 3.99. The third-order valence-corrected chi connectivity index (χ3v) is 13.1. The van der Waals surface area contributed by atoms with E-state index in [0.29, 0.717) is 46.1 Å². The zero-order valence-electron chi connectivity index (χ0n) is 39.3. The third kappa shape index (κ3) is 13.8. The van der Waals surface area contributed by atoms with E-state index < -0.39 is 26.8 Å². The van der Waals surface area contributed by atoms with Crippen molar-refractivity contribution in [2.24, 2.45) is 0 Å². The Balaban J connectivity index is 0.000000166. The molecule has 72 heavy (non-hydrogen) atoms. The lowest BCUT2D eigenvalue weighted by Gasteiger charge is -2.13. The van der Waals surface area contributed by atoms with Crippen molar-refractivity contribution in [1.29, 1.82) is 0 Å². The Morgan fingerprint density at radius 3 is 1.40 bits per heavy atom. The SMILES string of the molecule is CS(=O)(=O)Cc1cncc(-c2cc(NCc3ccccc3)c3c(-c4ccccc4)ccn3n2)c1.CS(=O)(=O)Cc1cncc(-c2cc(NCc3ccccc3)c3c(Cl)ccn3n2)c1.OB(O)c1ccccc1. The molecule has 0 bridgehead atoms. The lowest BCUT2D eigenvalue weighted by molar-refractivity contribution is 0.425. The highest BCUT2D eigenvalue weighted by molar-refractivity contribution is 7.90. The van der Waals surface area contributed by atoms with E-state index in [-0.39, 0.29) is 11.5 Å². The normalized spacial score (nSPS) is 11.3. The van der Waals surface area contributed by atoms with Crippen LogP contribution in [0.5, 0.6) is 0 Å². The number of pyridine rings is 2. The summed E-state index contributed by atoms with van der Waals surface area (Å²) in [7, 11) is -7.66. The summed E-state index contributed by atoms with van der Waals surface area (Å²) in [5, 5.41) is 34.2. The van der Waals surface area contributed by atoms with Crippen LogP contribution in [0, 0.1) is 0 Å². The van der Waals surface area contributed by atoms with E-state index in [1.807, 2.05) is 102 Å². The number of benzene rings is 4. The minimum Gasteiger partial charge on any atom is -0.423 e. The van der Waals surface area contributed by atoms with Crippen LogP contribution in [-0.4, -0.2) is 75.7 Å². The number of anilines is 2. The van der Waals surface area contributed by atoms with E-state index in [2.05, 4.69) is 56.0 Å². The van der Waals surface area contributed by atoms with Gasteiger partial charge >= 0.3 is 7.12 Å². The second-order valence-electron chi connectivity index (χ2n) is 17.0. The van der Waals surface area contributed by atoms with Gasteiger partial charge in [0.1, 0.15) is 5.52 Å². The van der Waals surface area contributed by atoms with E-state index in [0.717, 1.165) is 50.2 Å². The van der Waals surface area contributed by atoms with Crippen molar-refractivity contribution in [3.8, 4) is 33.6 Å². The molecule has 0 spiro atoms. The molecule has 4 N–H and O–H groups in total. The van der Waals surface area contributed by atoms with E-state index in [1.165, 1.54) is 18.1 Å². The molecule has 0 aliphatic rings. The molecule has 10 aromatic rings. The van der Waals surface area contributed by atoms with Crippen LogP contribution in [0.25, 0.3) is 44.7 Å². The van der Waals surface area contributed by atoms with Gasteiger partial charge in [0.05, 0.1) is 44.8 Å². The minimum atomic E-state index is -3.16. The van der Waals surface area contributed by atoms with Crippen LogP contribution in [0.3, 0.4) is 0 Å². The molecule has 0 unspecified atom stereocenters. The first kappa shape index (κ1) is 50.7. The molecule has 4 aromatic carbocycles. The molecule has 0 saturated heterocycles. The van der Waals surface area contributed by atoms with Gasteiger partial charge < -0.3 is 20.7 Å². The van der Waals surface area contributed by atoms with Gasteiger partial charge in [0.25, 0.3) is 0 Å². The summed E-state index contributed by atoms with van der Waals surface area (Å²) in [5.41, 5.74) is 12.7. The highest BCUT2D eigenvalue weighted by Gasteiger charge is 2.17. The number of nitrogens with zero attached hydrogens (tertiary/aromatic N) is 6. The van der Waals surface area contributed by atoms with Gasteiger partial charge in [-0.3, -0.25) is 9.97 Å². The van der Waals surface area contributed by atoms with Crippen molar-refractivity contribution in [2.45, 2.75) is 24.6 Å². The molecule has 0 saturated carbocycles. The fraction of sp³-hybridized carbons (Fsp3) is 0.111. The van der Waals surface area contributed by atoms with Crippen molar-refractivity contribution in [1.82, 2.24) is 29.2 Å². The zero-order valence-corrected chi connectivity index (χ0v) is 41.7. The average molecular weight is 1020 g/mol. The highest BCUT2D eigenvalue weighted by atomic mass is 35.5. The van der Waals surface area contributed by atoms with Crippen molar-refractivity contribution in [3.63, 3.8) is 0 Å². The van der Waals surface area contributed by atoms with Crippen LogP contribution in [0.15, 0.2) is 195 Å². The van der Waals surface area contributed by atoms with Crippen LogP contribution in [-0.2, 0) is 44.3 Å². The molecular weight excluding hydrogens is 967 g/mol. The number of nitrogens with one attached hydrogen (secondary N) is 2. The summed E-state index contributed by atoms with van der Waals surface area (Å²) in [5.74, 6) is -0.124. The zero-order chi connectivity index (χ0) is 50.7. The Kier molecular flexibility index (Phi) is 16.2. The molecule has 0 aliphatic heterocycles. The standard InChI is InChI=1S/C27H24N4O2S.C21H19ClN4O2S.C6H7BO2/c1-34(32,33)19-21-14-23(18-28-16-21)25-15-26(29-17-20-8-4-2-5-9-20)27-24(12-13-31(27)30-25)22-10-6-3-7-11-22;1-29(27,28)14-16-9-17(13-23-11-16)19-10-20(21-18(22)7-8-26(21)25-19)24-12-15-5-3-2-4-6-15;8-7(9)6-4-2-1-3-5-6/h2-16,18,29H,17,19H2,1H3;2-11,13,24H,12,14H2,1H3;1-5,8-9H. The predicted molar refractivity (Wildman–Crippen MR) is 288 cm³/mol. The Bertz CT molecular complexity index is 3650. The fourth-order valence-electron chi connectivity index (χ4n) is 7.84. The number of hydrogen-bond acceptors (Lipinski definition) is 12. The Morgan fingerprint density at radius 2 is 0.944 bits per heavy atom. The summed E-state index contributed by atoms with van der Waals surface area (Å²) in [6, 6.07) is 50.6. The number of fused-ring (bicyclic) bond motifs is 2. The molecule has 18 heteroatoms. The summed E-state index contributed by atoms with van der Waals surface area (Å²) in [4.78, 5) is 8.46. The quantitative estimate of drug-likeness (QED) is 0.0758. The Hall–Kier alpha value is -7.67. The maximum Gasteiger partial charge on any atom is 0.488 e. The number of halogens is 1. The first-order chi connectivity index (χ1) is 34.7. The largest absolute Gasteiger partial charge is 0.488 e. The van der Waals surface area contributed by atoms with Crippen molar-refractivity contribution in [3.05, 3.63) is 222 Å². The molecule has 0 radical (unpaired) electrons. The van der Waals surface area contributed by atoms with E-state index in [1.54, 1.807) is 71.9 Å². The van der Waals surface area contributed by atoms with Crippen molar-refractivity contribution in [2.75, 3.05) is 23.1 Å². The summed E-state index contributed by atoms with van der Waals surface area (Å²) in [6.07, 6.45) is 12.7. The van der Waals surface area contributed by atoms with Crippen LogP contribution in [0.2, 0.25) is 5.02 Å². The van der Waals surface area contributed by atoms with E-state index >= 15 is 0 Å². The smallest absolute Gasteiger partial charge is 0.423 e. The molecule has 0 atom stereocenters. The maximum absolute atomic E-state index is 11.8. The number of hydrogen-bond donors (Lipinski definition) is 4. The van der Waals surface area contributed by atoms with Crippen LogP contribution >= 0.6 is 11.6 Å². The van der Waals surface area contributed by atoms with E-state index in [4.69, 9.17) is 26.7 Å². The first-order valence-corrected chi connectivity index (χ1v) is 27.1. The van der Waals surface area contributed by atoms with Gasteiger partial charge in [-0.05, 0) is 69.7 Å². The molecule has 0 amide bonds. The third-order valence-electron chi connectivity index (χ3n) is 11.1.